The summed E-state index contributed by atoms with van der Waals surface area (Å²) in [5.41, 5.74) is 0. The molecule has 0 aromatic heterocycles. The number of nitrogens with zero attached hydrogens (tertiary/aromatic N) is 1. The van der Waals surface area contributed by atoms with Gasteiger partial charge in [-0.25, -0.2) is 0 Å². The summed E-state index contributed by atoms with van der Waals surface area (Å²) in [7, 11) is 2.10. The molecule has 2 unspecified atom stereocenters. The van der Waals surface area contributed by atoms with Crippen molar-refractivity contribution in [1.29, 1.82) is 0 Å². The van der Waals surface area contributed by atoms with Gasteiger partial charge < -0.3 is 10.1 Å². The Morgan fingerprint density at radius 3 is 2.71 bits per heavy atom. The summed E-state index contributed by atoms with van der Waals surface area (Å²) < 4.78 is 6.01. The molecule has 1 aliphatic carbocycles. The molecular formula is C14H28N2O. The van der Waals surface area contributed by atoms with Crippen molar-refractivity contribution < 1.29 is 4.74 Å². The molecule has 0 amide bonds. The SMILES string of the molecule is CCN1CCOC(C(NC)C2CCCCC2)C1. The summed E-state index contributed by atoms with van der Waals surface area (Å²) in [5, 5.41) is 3.53. The van der Waals surface area contributed by atoms with E-state index in [1.807, 2.05) is 0 Å². The number of nitrogens with one attached hydrogen (secondary N) is 1. The molecular weight excluding hydrogens is 212 g/mol. The van der Waals surface area contributed by atoms with Crippen molar-refractivity contribution in [3.8, 4) is 0 Å². The zero-order valence-corrected chi connectivity index (χ0v) is 11.5. The number of likely N-dealkylation sites (N-methyl/N-ethyl adjacent to an activating group) is 2. The maximum atomic E-state index is 6.01. The summed E-state index contributed by atoms with van der Waals surface area (Å²) >= 11 is 0. The highest BCUT2D eigenvalue weighted by Crippen LogP contribution is 2.29. The third-order valence-electron chi connectivity index (χ3n) is 4.52. The molecule has 1 heterocycles. The van der Waals surface area contributed by atoms with Crippen LogP contribution in [-0.2, 0) is 4.74 Å². The van der Waals surface area contributed by atoms with Crippen LogP contribution in [0.4, 0.5) is 0 Å². The predicted molar refractivity (Wildman–Crippen MR) is 71.3 cm³/mol. The lowest BCUT2D eigenvalue weighted by molar-refractivity contribution is -0.0566. The second kappa shape index (κ2) is 6.72. The number of hydrogen-bond acceptors (Lipinski definition) is 3. The smallest absolute Gasteiger partial charge is 0.0857 e. The van der Waals surface area contributed by atoms with Crippen molar-refractivity contribution in [1.82, 2.24) is 10.2 Å². The van der Waals surface area contributed by atoms with E-state index in [9.17, 15) is 0 Å². The Morgan fingerprint density at radius 1 is 1.29 bits per heavy atom. The first-order chi connectivity index (χ1) is 8.35. The average Bonchev–Trinajstić information content (AvgIpc) is 2.41. The van der Waals surface area contributed by atoms with E-state index in [0.717, 1.165) is 32.2 Å². The first kappa shape index (κ1) is 13.3. The Bertz CT molecular complexity index is 216. The summed E-state index contributed by atoms with van der Waals surface area (Å²) in [6.07, 6.45) is 7.42. The minimum atomic E-state index is 0.400. The standard InChI is InChI=1S/C14H28N2O/c1-3-16-9-10-17-13(11-16)14(15-2)12-7-5-4-6-8-12/h12-15H,3-11H2,1-2H3. The van der Waals surface area contributed by atoms with Gasteiger partial charge in [-0.2, -0.15) is 0 Å². The Balaban J connectivity index is 1.91. The van der Waals surface area contributed by atoms with Gasteiger partial charge in [0.2, 0.25) is 0 Å². The van der Waals surface area contributed by atoms with E-state index in [0.29, 0.717) is 12.1 Å². The lowest BCUT2D eigenvalue weighted by Crippen LogP contribution is -2.54. The van der Waals surface area contributed by atoms with Gasteiger partial charge in [0.05, 0.1) is 12.7 Å². The van der Waals surface area contributed by atoms with Gasteiger partial charge in [0.15, 0.2) is 0 Å². The molecule has 17 heavy (non-hydrogen) atoms. The summed E-state index contributed by atoms with van der Waals surface area (Å²) in [5.74, 6) is 0.829. The van der Waals surface area contributed by atoms with E-state index in [1.54, 1.807) is 0 Å². The number of rotatable bonds is 4. The minimum absolute atomic E-state index is 0.400. The van der Waals surface area contributed by atoms with Gasteiger partial charge in [-0.3, -0.25) is 4.90 Å². The van der Waals surface area contributed by atoms with Crippen LogP contribution in [0.15, 0.2) is 0 Å². The van der Waals surface area contributed by atoms with Gasteiger partial charge in [-0.1, -0.05) is 26.2 Å². The molecule has 0 bridgehead atoms. The second-order valence-corrected chi connectivity index (χ2v) is 5.52. The molecule has 2 fully saturated rings. The molecule has 0 radical (unpaired) electrons. The number of hydrogen-bond donors (Lipinski definition) is 1. The molecule has 2 aliphatic rings. The van der Waals surface area contributed by atoms with Crippen molar-refractivity contribution in [3.05, 3.63) is 0 Å². The predicted octanol–water partition coefficient (Wildman–Crippen LogP) is 1.88. The molecule has 100 valence electrons. The van der Waals surface area contributed by atoms with Crippen LogP contribution in [0, 0.1) is 5.92 Å². The number of ether oxygens (including phenoxy) is 1. The minimum Gasteiger partial charge on any atom is -0.374 e. The monoisotopic (exact) mass is 240 g/mol. The van der Waals surface area contributed by atoms with Crippen molar-refractivity contribution in [2.24, 2.45) is 5.92 Å². The summed E-state index contributed by atoms with van der Waals surface area (Å²) in [6, 6.07) is 0.560. The van der Waals surface area contributed by atoms with Crippen LogP contribution in [0.25, 0.3) is 0 Å². The van der Waals surface area contributed by atoms with Gasteiger partial charge in [-0.15, -0.1) is 0 Å². The Morgan fingerprint density at radius 2 is 2.06 bits per heavy atom. The van der Waals surface area contributed by atoms with E-state index in [-0.39, 0.29) is 0 Å². The van der Waals surface area contributed by atoms with Crippen molar-refractivity contribution in [3.63, 3.8) is 0 Å². The van der Waals surface area contributed by atoms with Crippen LogP contribution in [-0.4, -0.2) is 50.3 Å². The third kappa shape index (κ3) is 3.43. The van der Waals surface area contributed by atoms with Gasteiger partial charge in [-0.05, 0) is 32.4 Å². The van der Waals surface area contributed by atoms with Crippen LogP contribution < -0.4 is 5.32 Å². The van der Waals surface area contributed by atoms with E-state index in [1.165, 1.54) is 32.1 Å². The van der Waals surface area contributed by atoms with Gasteiger partial charge in [0.1, 0.15) is 0 Å². The maximum absolute atomic E-state index is 6.01. The third-order valence-corrected chi connectivity index (χ3v) is 4.52. The fraction of sp³-hybridized carbons (Fsp3) is 1.00. The van der Waals surface area contributed by atoms with Crippen LogP contribution in [0.2, 0.25) is 0 Å². The molecule has 2 atom stereocenters. The zero-order valence-electron chi connectivity index (χ0n) is 11.5. The van der Waals surface area contributed by atoms with Gasteiger partial charge in [0.25, 0.3) is 0 Å². The molecule has 2 rings (SSSR count). The van der Waals surface area contributed by atoms with Crippen molar-refractivity contribution in [2.75, 3.05) is 33.3 Å². The lowest BCUT2D eigenvalue weighted by Gasteiger charge is -2.40. The van der Waals surface area contributed by atoms with Crippen molar-refractivity contribution >= 4 is 0 Å². The van der Waals surface area contributed by atoms with Crippen LogP contribution in [0.3, 0.4) is 0 Å². The van der Waals surface area contributed by atoms with Gasteiger partial charge in [0, 0.05) is 19.1 Å². The Kier molecular flexibility index (Phi) is 5.26. The molecule has 1 saturated heterocycles. The second-order valence-electron chi connectivity index (χ2n) is 5.52. The zero-order chi connectivity index (χ0) is 12.1. The van der Waals surface area contributed by atoms with Crippen LogP contribution in [0.5, 0.6) is 0 Å². The van der Waals surface area contributed by atoms with E-state index < -0.39 is 0 Å². The first-order valence-corrected chi connectivity index (χ1v) is 7.36. The molecule has 3 heteroatoms. The molecule has 1 N–H and O–H groups in total. The molecule has 3 nitrogen and oxygen atoms in total. The highest BCUT2D eigenvalue weighted by molar-refractivity contribution is 4.88. The quantitative estimate of drug-likeness (QED) is 0.812. The fourth-order valence-electron chi connectivity index (χ4n) is 3.45. The van der Waals surface area contributed by atoms with Crippen LogP contribution in [0.1, 0.15) is 39.0 Å². The normalized spacial score (nSPS) is 30.4. The summed E-state index contributed by atoms with van der Waals surface area (Å²) in [6.45, 7) is 6.52. The highest BCUT2D eigenvalue weighted by atomic mass is 16.5. The van der Waals surface area contributed by atoms with E-state index in [4.69, 9.17) is 4.74 Å². The highest BCUT2D eigenvalue weighted by Gasteiger charge is 2.32. The first-order valence-electron chi connectivity index (χ1n) is 7.36. The largest absolute Gasteiger partial charge is 0.374 e. The molecule has 0 spiro atoms. The summed E-state index contributed by atoms with van der Waals surface area (Å²) in [4.78, 5) is 2.52. The van der Waals surface area contributed by atoms with Crippen LogP contribution >= 0.6 is 0 Å². The molecule has 1 aliphatic heterocycles. The van der Waals surface area contributed by atoms with E-state index in [2.05, 4.69) is 24.2 Å². The lowest BCUT2D eigenvalue weighted by atomic mass is 9.81. The molecule has 0 aromatic carbocycles. The fourth-order valence-corrected chi connectivity index (χ4v) is 3.45. The molecule has 0 aromatic rings. The van der Waals surface area contributed by atoms with Crippen molar-refractivity contribution in [2.45, 2.75) is 51.2 Å². The average molecular weight is 240 g/mol. The van der Waals surface area contributed by atoms with Gasteiger partial charge >= 0.3 is 0 Å². The molecule has 1 saturated carbocycles. The number of morpholine rings is 1. The Labute approximate surface area is 106 Å². The Hall–Kier alpha value is -0.120. The van der Waals surface area contributed by atoms with E-state index >= 15 is 0 Å². The topological polar surface area (TPSA) is 24.5 Å². The maximum Gasteiger partial charge on any atom is 0.0857 e.